The van der Waals surface area contributed by atoms with E-state index < -0.39 is 11.2 Å². The van der Waals surface area contributed by atoms with Crippen LogP contribution < -0.4 is 0 Å². The molecule has 0 heterocycles. The van der Waals surface area contributed by atoms with Gasteiger partial charge in [0.1, 0.15) is 6.10 Å². The first kappa shape index (κ1) is 9.16. The van der Waals surface area contributed by atoms with Crippen molar-refractivity contribution in [3.63, 3.8) is 0 Å². The van der Waals surface area contributed by atoms with E-state index in [0.717, 1.165) is 0 Å². The molecular weight excluding hydrogens is 138 g/mol. The Morgan fingerprint density at radius 1 is 1.70 bits per heavy atom. The number of nitrogens with zero attached hydrogens (tertiary/aromatic N) is 1. The molecule has 2 atom stereocenters. The van der Waals surface area contributed by atoms with E-state index in [1.807, 2.05) is 0 Å². The van der Waals surface area contributed by atoms with Crippen LogP contribution in [0.3, 0.4) is 0 Å². The third-order valence-electron chi connectivity index (χ3n) is 1.12. The first-order valence-corrected chi connectivity index (χ1v) is 2.75. The van der Waals surface area contributed by atoms with Gasteiger partial charge in [0.15, 0.2) is 0 Å². The molecule has 0 bridgehead atoms. The van der Waals surface area contributed by atoms with Gasteiger partial charge in [0, 0.05) is 7.11 Å². The fraction of sp³-hybridized carbons (Fsp3) is 0.800. The first-order chi connectivity index (χ1) is 4.57. The molecular formula is C5H10NO4. The Kier molecular flexibility index (Phi) is 3.71. The van der Waals surface area contributed by atoms with Crippen LogP contribution in [0.5, 0.6) is 0 Å². The highest BCUT2D eigenvalue weighted by Gasteiger charge is 2.14. The van der Waals surface area contributed by atoms with E-state index in [2.05, 4.69) is 11.8 Å². The zero-order valence-electron chi connectivity index (χ0n) is 5.94. The number of methoxy groups -OCH3 is 1. The lowest BCUT2D eigenvalue weighted by Crippen LogP contribution is -2.27. The van der Waals surface area contributed by atoms with Crippen molar-refractivity contribution in [2.75, 3.05) is 7.11 Å². The zero-order valence-corrected chi connectivity index (χ0v) is 5.94. The lowest BCUT2D eigenvalue weighted by Gasteiger charge is -2.15. The summed E-state index contributed by atoms with van der Waals surface area (Å²) in [5, 5.41) is 8.84. The highest BCUT2D eigenvalue weighted by Crippen LogP contribution is 2.00. The Hall–Kier alpha value is -0.840. The molecule has 0 fully saturated rings. The van der Waals surface area contributed by atoms with Crippen LogP contribution in [-0.2, 0) is 9.57 Å². The fourth-order valence-electron chi connectivity index (χ4n) is 0.348. The van der Waals surface area contributed by atoms with Crippen LogP contribution in [0.4, 0.5) is 0 Å². The molecule has 0 aliphatic carbocycles. The van der Waals surface area contributed by atoms with E-state index in [1.54, 1.807) is 6.92 Å². The lowest BCUT2D eigenvalue weighted by molar-refractivity contribution is -0.767. The van der Waals surface area contributed by atoms with Crippen molar-refractivity contribution in [3.8, 4) is 0 Å². The molecule has 0 rings (SSSR count). The predicted octanol–water partition coefficient (Wildman–Crippen LogP) is 0.432. The van der Waals surface area contributed by atoms with Crippen molar-refractivity contribution < 1.29 is 14.7 Å². The minimum Gasteiger partial charge on any atom is -0.379 e. The van der Waals surface area contributed by atoms with E-state index in [1.165, 1.54) is 7.11 Å². The summed E-state index contributed by atoms with van der Waals surface area (Å²) in [6.45, 7) is 5.00. The summed E-state index contributed by atoms with van der Waals surface area (Å²) in [4.78, 5) is 13.8. The van der Waals surface area contributed by atoms with Crippen LogP contribution in [0.1, 0.15) is 6.92 Å². The smallest absolute Gasteiger partial charge is 0.294 e. The number of hydrogen-bond donors (Lipinski definition) is 0. The molecule has 0 aromatic rings. The maximum Gasteiger partial charge on any atom is 0.294 e. The molecule has 59 valence electrons. The van der Waals surface area contributed by atoms with Gasteiger partial charge in [0.25, 0.3) is 5.09 Å². The average Bonchev–Trinajstić information content (AvgIpc) is 1.85. The second kappa shape index (κ2) is 4.05. The van der Waals surface area contributed by atoms with Crippen LogP contribution >= 0.6 is 0 Å². The second-order valence-electron chi connectivity index (χ2n) is 1.81. The van der Waals surface area contributed by atoms with Gasteiger partial charge in [-0.25, -0.2) is 0 Å². The van der Waals surface area contributed by atoms with E-state index in [9.17, 15) is 10.1 Å². The van der Waals surface area contributed by atoms with Crippen molar-refractivity contribution in [3.05, 3.63) is 17.0 Å². The van der Waals surface area contributed by atoms with E-state index >= 15 is 0 Å². The Morgan fingerprint density at radius 3 is 2.50 bits per heavy atom. The van der Waals surface area contributed by atoms with Gasteiger partial charge in [-0.2, -0.15) is 0 Å². The predicted molar refractivity (Wildman–Crippen MR) is 33.7 cm³/mol. The molecule has 0 saturated heterocycles. The van der Waals surface area contributed by atoms with Gasteiger partial charge >= 0.3 is 0 Å². The Bertz CT molecular complexity index is 116. The van der Waals surface area contributed by atoms with Crippen molar-refractivity contribution in [2.45, 2.75) is 19.1 Å². The summed E-state index contributed by atoms with van der Waals surface area (Å²) in [5.74, 6) is 0. The Labute approximate surface area is 59.0 Å². The molecule has 1 radical (unpaired) electrons. The van der Waals surface area contributed by atoms with Crippen molar-refractivity contribution >= 4 is 0 Å². The van der Waals surface area contributed by atoms with Crippen LogP contribution in [-0.4, -0.2) is 24.4 Å². The summed E-state index contributed by atoms with van der Waals surface area (Å²) < 4.78 is 4.72. The molecule has 5 nitrogen and oxygen atoms in total. The molecule has 0 saturated carbocycles. The van der Waals surface area contributed by atoms with Gasteiger partial charge in [-0.15, -0.1) is 10.1 Å². The molecule has 5 heteroatoms. The molecule has 0 amide bonds. The molecule has 0 aromatic heterocycles. The standard InChI is InChI=1S/C5H10NO4/c1-4(9-3)5(2)10-6(7)8/h4-5H,2H2,1,3H3/t4?,5-/m1/s1. The van der Waals surface area contributed by atoms with Gasteiger partial charge in [-0.3, -0.25) is 0 Å². The van der Waals surface area contributed by atoms with Crippen molar-refractivity contribution in [1.82, 2.24) is 0 Å². The normalized spacial score (nSPS) is 15.9. The van der Waals surface area contributed by atoms with Crippen LogP contribution in [0, 0.1) is 17.0 Å². The fourth-order valence-corrected chi connectivity index (χ4v) is 0.348. The van der Waals surface area contributed by atoms with Gasteiger partial charge < -0.3 is 9.57 Å². The maximum absolute atomic E-state index is 9.72. The van der Waals surface area contributed by atoms with Crippen LogP contribution in [0.15, 0.2) is 0 Å². The van der Waals surface area contributed by atoms with E-state index in [4.69, 9.17) is 4.74 Å². The third kappa shape index (κ3) is 3.24. The number of hydrogen-bond acceptors (Lipinski definition) is 4. The zero-order chi connectivity index (χ0) is 8.15. The van der Waals surface area contributed by atoms with Gasteiger partial charge in [0.05, 0.1) is 6.10 Å². The van der Waals surface area contributed by atoms with Gasteiger partial charge in [-0.1, -0.05) is 0 Å². The molecule has 0 aliphatic rings. The largest absolute Gasteiger partial charge is 0.379 e. The van der Waals surface area contributed by atoms with Gasteiger partial charge in [0.2, 0.25) is 0 Å². The molecule has 0 aromatic carbocycles. The number of rotatable bonds is 4. The summed E-state index contributed by atoms with van der Waals surface area (Å²) >= 11 is 0. The lowest BCUT2D eigenvalue weighted by atomic mass is 10.3. The Morgan fingerprint density at radius 2 is 2.20 bits per heavy atom. The quantitative estimate of drug-likeness (QED) is 0.428. The first-order valence-electron chi connectivity index (χ1n) is 2.75. The number of ether oxygens (including phenoxy) is 1. The summed E-state index contributed by atoms with van der Waals surface area (Å²) in [6.07, 6.45) is -1.13. The second-order valence-corrected chi connectivity index (χ2v) is 1.81. The molecule has 0 aliphatic heterocycles. The molecule has 0 N–H and O–H groups in total. The van der Waals surface area contributed by atoms with Gasteiger partial charge in [-0.05, 0) is 13.8 Å². The highest BCUT2D eigenvalue weighted by molar-refractivity contribution is 4.65. The Balaban J connectivity index is 3.61. The van der Waals surface area contributed by atoms with Crippen LogP contribution in [0.2, 0.25) is 0 Å². The van der Waals surface area contributed by atoms with E-state index in [0.29, 0.717) is 0 Å². The summed E-state index contributed by atoms with van der Waals surface area (Å²) in [5.41, 5.74) is 0. The molecule has 10 heavy (non-hydrogen) atoms. The molecule has 1 unspecified atom stereocenters. The topological polar surface area (TPSA) is 61.6 Å². The van der Waals surface area contributed by atoms with Crippen LogP contribution in [0.25, 0.3) is 0 Å². The van der Waals surface area contributed by atoms with Crippen molar-refractivity contribution in [2.24, 2.45) is 0 Å². The minimum absolute atomic E-state index is 0.370. The van der Waals surface area contributed by atoms with E-state index in [-0.39, 0.29) is 6.10 Å². The third-order valence-corrected chi connectivity index (χ3v) is 1.12. The van der Waals surface area contributed by atoms with Crippen molar-refractivity contribution in [1.29, 1.82) is 0 Å². The average molecular weight is 148 g/mol. The highest BCUT2D eigenvalue weighted by atomic mass is 17.0. The maximum atomic E-state index is 9.72. The molecule has 0 spiro atoms. The monoisotopic (exact) mass is 148 g/mol. The minimum atomic E-state index is -0.882. The summed E-state index contributed by atoms with van der Waals surface area (Å²) in [6, 6.07) is 0. The summed E-state index contributed by atoms with van der Waals surface area (Å²) in [7, 11) is 1.44. The SMILES string of the molecule is [CH2][C@@H](O[N+](=O)[O-])C(C)OC.